The minimum Gasteiger partial charge on any atom is -0.361 e. The fourth-order valence-electron chi connectivity index (χ4n) is 6.98. The predicted octanol–water partition coefficient (Wildman–Crippen LogP) is 12.3. The quantitative estimate of drug-likeness (QED) is 0.222. The zero-order valence-electron chi connectivity index (χ0n) is 27.4. The Morgan fingerprint density at radius 1 is 1.02 bits per heavy atom. The van der Waals surface area contributed by atoms with E-state index in [1.54, 1.807) is 0 Å². The van der Waals surface area contributed by atoms with Crippen LogP contribution in [0.15, 0.2) is 61.3 Å². The minimum absolute atomic E-state index is 0. The molecule has 0 radical (unpaired) electrons. The van der Waals surface area contributed by atoms with Crippen molar-refractivity contribution in [2.45, 2.75) is 130 Å². The van der Waals surface area contributed by atoms with E-state index in [4.69, 9.17) is 0 Å². The summed E-state index contributed by atoms with van der Waals surface area (Å²) in [6.07, 6.45) is 16.5. The van der Waals surface area contributed by atoms with Crippen LogP contribution in [0.2, 0.25) is 0 Å². The number of unbranched alkanes of at least 4 members (excludes halogenated alkanes) is 1. The summed E-state index contributed by atoms with van der Waals surface area (Å²) in [4.78, 5) is 17.0. The summed E-state index contributed by atoms with van der Waals surface area (Å²) >= 11 is 0. The third-order valence-corrected chi connectivity index (χ3v) is 9.38. The molecule has 0 aliphatic heterocycles. The van der Waals surface area contributed by atoms with Crippen LogP contribution in [0.1, 0.15) is 143 Å². The smallest absolute Gasteiger partial charge is 0.135 e. The molecule has 1 N–H and O–H groups in total. The van der Waals surface area contributed by atoms with Crippen LogP contribution in [0.3, 0.4) is 0 Å². The summed E-state index contributed by atoms with van der Waals surface area (Å²) < 4.78 is 0. The number of aromatic nitrogens is 1. The van der Waals surface area contributed by atoms with E-state index in [0.717, 1.165) is 18.4 Å². The molecule has 1 aromatic heterocycles. The molecule has 2 unspecified atom stereocenters. The standard InChI is InChI=1S/C35H47NO.2C2H6.H2/c1-5-8-12-29(32-25-36-33-17-15-27(7-3)24-31(32)33)16-18-34(37)26(4)28-19-22-35(21-6-2,23-20-28)30-13-10-9-11-14-30;2*1-2;/h7,9-11,13-15,17,24-26,28-29,36H,3,5-6,8,12,16,18-23H2,1-2,4H3;2*1-2H3;1H. The first kappa shape index (κ1) is 34.6. The molecule has 2 nitrogen and oxygen atoms in total. The maximum atomic E-state index is 13.5. The number of ketones is 1. The number of H-pyrrole nitrogens is 1. The van der Waals surface area contributed by atoms with Gasteiger partial charge in [-0.2, -0.15) is 0 Å². The van der Waals surface area contributed by atoms with Crippen LogP contribution in [-0.4, -0.2) is 10.8 Å². The summed E-state index contributed by atoms with van der Waals surface area (Å²) in [6.45, 7) is 18.7. The Balaban J connectivity index is 0.00000169. The van der Waals surface area contributed by atoms with Gasteiger partial charge in [-0.05, 0) is 91.0 Å². The number of benzene rings is 2. The normalized spacial score (nSPS) is 19.7. The van der Waals surface area contributed by atoms with Gasteiger partial charge < -0.3 is 4.98 Å². The first-order valence-electron chi connectivity index (χ1n) is 16.8. The van der Waals surface area contributed by atoms with Crippen LogP contribution >= 0.6 is 0 Å². The number of rotatable bonds is 13. The van der Waals surface area contributed by atoms with Crippen LogP contribution in [-0.2, 0) is 10.2 Å². The molecule has 0 spiro atoms. The van der Waals surface area contributed by atoms with Crippen LogP contribution in [0.4, 0.5) is 0 Å². The molecular weight excluding hydrogens is 498 g/mol. The fourth-order valence-corrected chi connectivity index (χ4v) is 6.98. The van der Waals surface area contributed by atoms with Gasteiger partial charge in [-0.3, -0.25) is 4.79 Å². The molecule has 1 fully saturated rings. The first-order chi connectivity index (χ1) is 20.0. The Hall–Kier alpha value is -2.61. The third kappa shape index (κ3) is 8.94. The van der Waals surface area contributed by atoms with E-state index in [9.17, 15) is 4.79 Å². The van der Waals surface area contributed by atoms with Crippen LogP contribution in [0.25, 0.3) is 17.0 Å². The van der Waals surface area contributed by atoms with Crippen molar-refractivity contribution in [3.63, 3.8) is 0 Å². The number of hydrogen-bond acceptors (Lipinski definition) is 1. The molecule has 0 saturated heterocycles. The van der Waals surface area contributed by atoms with E-state index in [0.29, 0.717) is 29.5 Å². The number of fused-ring (bicyclic) bond motifs is 1. The lowest BCUT2D eigenvalue weighted by Crippen LogP contribution is -2.35. The van der Waals surface area contributed by atoms with Crippen molar-refractivity contribution in [3.05, 3.63) is 78.0 Å². The molecule has 1 saturated carbocycles. The Morgan fingerprint density at radius 2 is 1.71 bits per heavy atom. The molecule has 1 aliphatic carbocycles. The monoisotopic (exact) mass is 559 g/mol. The summed E-state index contributed by atoms with van der Waals surface area (Å²) in [5.74, 6) is 1.59. The summed E-state index contributed by atoms with van der Waals surface area (Å²) in [6, 6.07) is 17.6. The van der Waals surface area contributed by atoms with Gasteiger partial charge in [-0.1, -0.05) is 117 Å². The van der Waals surface area contributed by atoms with Crippen molar-refractivity contribution >= 4 is 22.8 Å². The molecule has 0 bridgehead atoms. The predicted molar refractivity (Wildman–Crippen MR) is 184 cm³/mol. The average Bonchev–Trinajstić information content (AvgIpc) is 3.46. The zero-order valence-corrected chi connectivity index (χ0v) is 27.4. The third-order valence-electron chi connectivity index (χ3n) is 9.38. The highest BCUT2D eigenvalue weighted by Gasteiger charge is 2.38. The van der Waals surface area contributed by atoms with Gasteiger partial charge in [0, 0.05) is 30.9 Å². The van der Waals surface area contributed by atoms with Gasteiger partial charge in [0.1, 0.15) is 5.78 Å². The molecule has 1 heterocycles. The molecule has 2 atom stereocenters. The molecular formula is C39H61NO. The van der Waals surface area contributed by atoms with Gasteiger partial charge in [-0.25, -0.2) is 0 Å². The molecule has 2 aromatic carbocycles. The SMILES string of the molecule is C=Cc1ccc2[nH]cc(C(CCCC)CCC(=O)C(C)C3CCC(CCC)(c4ccccc4)CC3)c2c1.CC.CC.[HH]. The Bertz CT molecular complexity index is 1160. The second-order valence-corrected chi connectivity index (χ2v) is 11.6. The maximum absolute atomic E-state index is 13.5. The van der Waals surface area contributed by atoms with E-state index in [1.807, 2.05) is 33.8 Å². The van der Waals surface area contributed by atoms with Crippen molar-refractivity contribution in [1.82, 2.24) is 4.98 Å². The maximum Gasteiger partial charge on any atom is 0.135 e. The van der Waals surface area contributed by atoms with Crippen molar-refractivity contribution in [2.75, 3.05) is 0 Å². The molecule has 3 aromatic rings. The number of carbonyl (C=O) groups excluding carboxylic acids is 1. The minimum atomic E-state index is 0. The van der Waals surface area contributed by atoms with E-state index in [2.05, 4.69) is 87.1 Å². The second-order valence-electron chi connectivity index (χ2n) is 11.6. The van der Waals surface area contributed by atoms with Crippen molar-refractivity contribution in [2.24, 2.45) is 11.8 Å². The molecule has 41 heavy (non-hydrogen) atoms. The van der Waals surface area contributed by atoms with Gasteiger partial charge >= 0.3 is 0 Å². The van der Waals surface area contributed by atoms with Gasteiger partial charge in [-0.15, -0.1) is 0 Å². The van der Waals surface area contributed by atoms with Crippen molar-refractivity contribution in [3.8, 4) is 0 Å². The molecule has 2 heteroatoms. The number of hydrogen-bond donors (Lipinski definition) is 1. The summed E-state index contributed by atoms with van der Waals surface area (Å²) in [7, 11) is 0. The van der Waals surface area contributed by atoms with Gasteiger partial charge in [0.05, 0.1) is 0 Å². The van der Waals surface area contributed by atoms with E-state index in [-0.39, 0.29) is 7.34 Å². The first-order valence-corrected chi connectivity index (χ1v) is 16.8. The second kappa shape index (κ2) is 18.0. The number of aromatic amines is 1. The van der Waals surface area contributed by atoms with E-state index in [1.165, 1.54) is 73.4 Å². The average molecular weight is 560 g/mol. The van der Waals surface area contributed by atoms with Crippen LogP contribution < -0.4 is 0 Å². The number of Topliss-reactive ketones (excluding diaryl/α,β-unsaturated/α-hetero) is 1. The van der Waals surface area contributed by atoms with Gasteiger partial charge in [0.25, 0.3) is 0 Å². The Labute approximate surface area is 253 Å². The molecule has 4 rings (SSSR count). The van der Waals surface area contributed by atoms with Crippen LogP contribution in [0, 0.1) is 11.8 Å². The largest absolute Gasteiger partial charge is 0.361 e. The highest BCUT2D eigenvalue weighted by atomic mass is 16.1. The topological polar surface area (TPSA) is 32.9 Å². The Morgan fingerprint density at radius 3 is 2.32 bits per heavy atom. The molecule has 228 valence electrons. The summed E-state index contributed by atoms with van der Waals surface area (Å²) in [5.41, 5.74) is 5.52. The van der Waals surface area contributed by atoms with Gasteiger partial charge in [0.15, 0.2) is 0 Å². The molecule has 1 aliphatic rings. The van der Waals surface area contributed by atoms with Crippen molar-refractivity contribution in [1.29, 1.82) is 0 Å². The van der Waals surface area contributed by atoms with Crippen molar-refractivity contribution < 1.29 is 6.22 Å². The highest BCUT2D eigenvalue weighted by molar-refractivity contribution is 5.86. The fraction of sp³-hybridized carbons (Fsp3) is 0.564. The zero-order chi connectivity index (χ0) is 30.3. The van der Waals surface area contributed by atoms with Gasteiger partial charge in [0.2, 0.25) is 0 Å². The van der Waals surface area contributed by atoms with E-state index < -0.39 is 0 Å². The molecule has 0 amide bonds. The number of carbonyl (C=O) groups is 1. The highest BCUT2D eigenvalue weighted by Crippen LogP contribution is 2.47. The lowest BCUT2D eigenvalue weighted by atomic mass is 9.62. The Kier molecular flexibility index (Phi) is 15.2. The summed E-state index contributed by atoms with van der Waals surface area (Å²) in [5, 5.41) is 1.29. The number of nitrogens with one attached hydrogen (secondary N) is 1. The lowest BCUT2D eigenvalue weighted by Gasteiger charge is -2.42. The lowest BCUT2D eigenvalue weighted by molar-refractivity contribution is -0.124. The van der Waals surface area contributed by atoms with Crippen LogP contribution in [0.5, 0.6) is 0 Å². The van der Waals surface area contributed by atoms with E-state index >= 15 is 0 Å².